The lowest BCUT2D eigenvalue weighted by molar-refractivity contribution is -0.124. The van der Waals surface area contributed by atoms with Gasteiger partial charge in [-0.15, -0.1) is 0 Å². The second-order valence-electron chi connectivity index (χ2n) is 3.65. The lowest BCUT2D eigenvalue weighted by Crippen LogP contribution is -2.34. The third-order valence-corrected chi connectivity index (χ3v) is 2.56. The van der Waals surface area contributed by atoms with Crippen LogP contribution in [0.25, 0.3) is 0 Å². The topological polar surface area (TPSA) is 55.1 Å². The first-order chi connectivity index (χ1) is 7.69. The molecule has 88 valence electrons. The lowest BCUT2D eigenvalue weighted by Gasteiger charge is -2.12. The summed E-state index contributed by atoms with van der Waals surface area (Å²) in [6.45, 7) is 2.43. The standard InChI is InChI=1S/C12H17FN2O/c1-2-9(7-14)12(16)15-8-10-5-3-4-6-11(10)13/h3-6,9H,2,7-8,14H2,1H3,(H,15,16). The Morgan fingerprint density at radius 1 is 1.50 bits per heavy atom. The number of hydrogen-bond donors (Lipinski definition) is 2. The Morgan fingerprint density at radius 3 is 2.75 bits per heavy atom. The van der Waals surface area contributed by atoms with Gasteiger partial charge in [-0.2, -0.15) is 0 Å². The van der Waals surface area contributed by atoms with E-state index in [4.69, 9.17) is 5.73 Å². The number of nitrogens with one attached hydrogen (secondary N) is 1. The second-order valence-corrected chi connectivity index (χ2v) is 3.65. The molecule has 0 heterocycles. The largest absolute Gasteiger partial charge is 0.352 e. The van der Waals surface area contributed by atoms with Crippen LogP contribution in [0.15, 0.2) is 24.3 Å². The summed E-state index contributed by atoms with van der Waals surface area (Å²) in [6, 6.07) is 6.39. The van der Waals surface area contributed by atoms with Crippen molar-refractivity contribution in [3.8, 4) is 0 Å². The molecule has 1 atom stereocenters. The molecule has 1 aromatic carbocycles. The maximum atomic E-state index is 13.2. The molecule has 0 fully saturated rings. The molecule has 0 saturated heterocycles. The fourth-order valence-electron chi connectivity index (χ4n) is 1.43. The molecule has 0 aromatic heterocycles. The van der Waals surface area contributed by atoms with E-state index in [1.807, 2.05) is 6.92 Å². The lowest BCUT2D eigenvalue weighted by atomic mass is 10.1. The van der Waals surface area contributed by atoms with Crippen molar-refractivity contribution in [2.24, 2.45) is 11.7 Å². The zero-order chi connectivity index (χ0) is 12.0. The molecule has 4 heteroatoms. The Kier molecular flexibility index (Phi) is 4.92. The number of carbonyl (C=O) groups excluding carboxylic acids is 1. The summed E-state index contributed by atoms with van der Waals surface area (Å²) in [4.78, 5) is 11.6. The van der Waals surface area contributed by atoms with Crippen molar-refractivity contribution in [1.29, 1.82) is 0 Å². The van der Waals surface area contributed by atoms with Crippen molar-refractivity contribution in [3.05, 3.63) is 35.6 Å². The van der Waals surface area contributed by atoms with Crippen LogP contribution < -0.4 is 11.1 Å². The summed E-state index contributed by atoms with van der Waals surface area (Å²) >= 11 is 0. The molecule has 0 spiro atoms. The molecule has 1 rings (SSSR count). The van der Waals surface area contributed by atoms with Crippen LogP contribution in [0.2, 0.25) is 0 Å². The van der Waals surface area contributed by atoms with E-state index in [0.29, 0.717) is 18.5 Å². The molecule has 0 radical (unpaired) electrons. The van der Waals surface area contributed by atoms with Gasteiger partial charge in [-0.25, -0.2) is 4.39 Å². The van der Waals surface area contributed by atoms with Gasteiger partial charge < -0.3 is 11.1 Å². The summed E-state index contributed by atoms with van der Waals surface area (Å²) in [7, 11) is 0. The van der Waals surface area contributed by atoms with E-state index >= 15 is 0 Å². The van der Waals surface area contributed by atoms with Crippen molar-refractivity contribution >= 4 is 5.91 Å². The highest BCUT2D eigenvalue weighted by molar-refractivity contribution is 5.78. The predicted molar refractivity (Wildman–Crippen MR) is 61.1 cm³/mol. The highest BCUT2D eigenvalue weighted by Gasteiger charge is 2.14. The van der Waals surface area contributed by atoms with Crippen molar-refractivity contribution < 1.29 is 9.18 Å². The number of benzene rings is 1. The monoisotopic (exact) mass is 224 g/mol. The molecule has 16 heavy (non-hydrogen) atoms. The van der Waals surface area contributed by atoms with E-state index in [0.717, 1.165) is 0 Å². The van der Waals surface area contributed by atoms with Crippen LogP contribution in [0.1, 0.15) is 18.9 Å². The van der Waals surface area contributed by atoms with Gasteiger partial charge >= 0.3 is 0 Å². The molecule has 0 bridgehead atoms. The fourth-order valence-corrected chi connectivity index (χ4v) is 1.43. The van der Waals surface area contributed by atoms with Gasteiger partial charge in [0, 0.05) is 24.6 Å². The first-order valence-electron chi connectivity index (χ1n) is 5.40. The fraction of sp³-hybridized carbons (Fsp3) is 0.417. The molecule has 3 N–H and O–H groups in total. The molecule has 3 nitrogen and oxygen atoms in total. The highest BCUT2D eigenvalue weighted by atomic mass is 19.1. The minimum Gasteiger partial charge on any atom is -0.352 e. The van der Waals surface area contributed by atoms with Crippen molar-refractivity contribution in [1.82, 2.24) is 5.32 Å². The first kappa shape index (κ1) is 12.6. The van der Waals surface area contributed by atoms with Gasteiger partial charge in [-0.05, 0) is 12.5 Å². The van der Waals surface area contributed by atoms with Gasteiger partial charge in [0.15, 0.2) is 0 Å². The third-order valence-electron chi connectivity index (χ3n) is 2.56. The SMILES string of the molecule is CCC(CN)C(=O)NCc1ccccc1F. The van der Waals surface area contributed by atoms with Gasteiger partial charge in [0.25, 0.3) is 0 Å². The molecular weight excluding hydrogens is 207 g/mol. The number of nitrogens with two attached hydrogens (primary N) is 1. The Bertz CT molecular complexity index is 351. The van der Waals surface area contributed by atoms with Gasteiger partial charge in [0.2, 0.25) is 5.91 Å². The minimum atomic E-state index is -0.302. The van der Waals surface area contributed by atoms with Crippen molar-refractivity contribution in [2.75, 3.05) is 6.54 Å². The number of amides is 1. The van der Waals surface area contributed by atoms with Crippen molar-refractivity contribution in [3.63, 3.8) is 0 Å². The van der Waals surface area contributed by atoms with Crippen LogP contribution in [0.4, 0.5) is 4.39 Å². The van der Waals surface area contributed by atoms with Gasteiger partial charge in [0.05, 0.1) is 0 Å². The van der Waals surface area contributed by atoms with Crippen LogP contribution in [0, 0.1) is 11.7 Å². The maximum Gasteiger partial charge on any atom is 0.224 e. The predicted octanol–water partition coefficient (Wildman–Crippen LogP) is 1.43. The molecule has 1 unspecified atom stereocenters. The van der Waals surface area contributed by atoms with E-state index in [9.17, 15) is 9.18 Å². The van der Waals surface area contributed by atoms with Crippen LogP contribution in [0.3, 0.4) is 0 Å². The van der Waals surface area contributed by atoms with Crippen LogP contribution >= 0.6 is 0 Å². The zero-order valence-corrected chi connectivity index (χ0v) is 9.37. The molecule has 1 aromatic rings. The second kappa shape index (κ2) is 6.23. The van der Waals surface area contributed by atoms with E-state index in [1.165, 1.54) is 6.07 Å². The number of hydrogen-bond acceptors (Lipinski definition) is 2. The van der Waals surface area contributed by atoms with E-state index in [1.54, 1.807) is 18.2 Å². The Morgan fingerprint density at radius 2 is 2.19 bits per heavy atom. The number of halogens is 1. The van der Waals surface area contributed by atoms with E-state index < -0.39 is 0 Å². The summed E-state index contributed by atoms with van der Waals surface area (Å²) in [5.74, 6) is -0.608. The minimum absolute atomic E-state index is 0.117. The van der Waals surface area contributed by atoms with Crippen LogP contribution in [-0.2, 0) is 11.3 Å². The Labute approximate surface area is 94.8 Å². The first-order valence-corrected chi connectivity index (χ1v) is 5.40. The summed E-state index contributed by atoms with van der Waals surface area (Å²) < 4.78 is 13.2. The molecule has 1 amide bonds. The summed E-state index contributed by atoms with van der Waals surface area (Å²) in [6.07, 6.45) is 0.694. The normalized spacial score (nSPS) is 12.2. The molecular formula is C12H17FN2O. The quantitative estimate of drug-likeness (QED) is 0.795. The maximum absolute atomic E-state index is 13.2. The van der Waals surface area contributed by atoms with E-state index in [2.05, 4.69) is 5.32 Å². The van der Waals surface area contributed by atoms with Gasteiger partial charge in [-0.3, -0.25) is 4.79 Å². The third kappa shape index (κ3) is 3.31. The van der Waals surface area contributed by atoms with Crippen molar-refractivity contribution in [2.45, 2.75) is 19.9 Å². The molecule has 0 saturated carbocycles. The summed E-state index contributed by atoms with van der Waals surface area (Å²) in [5, 5.41) is 2.68. The van der Waals surface area contributed by atoms with Gasteiger partial charge in [0.1, 0.15) is 5.82 Å². The van der Waals surface area contributed by atoms with Crippen LogP contribution in [-0.4, -0.2) is 12.5 Å². The average molecular weight is 224 g/mol. The Balaban J connectivity index is 2.52. The molecule has 0 aliphatic heterocycles. The Hall–Kier alpha value is -1.42. The van der Waals surface area contributed by atoms with E-state index in [-0.39, 0.29) is 24.2 Å². The number of carbonyl (C=O) groups is 1. The molecule has 0 aliphatic carbocycles. The molecule has 0 aliphatic rings. The smallest absolute Gasteiger partial charge is 0.224 e. The highest BCUT2D eigenvalue weighted by Crippen LogP contribution is 2.06. The van der Waals surface area contributed by atoms with Crippen LogP contribution in [0.5, 0.6) is 0 Å². The summed E-state index contributed by atoms with van der Waals surface area (Å²) in [5.41, 5.74) is 5.94. The number of rotatable bonds is 5. The average Bonchev–Trinajstić information content (AvgIpc) is 2.29. The zero-order valence-electron chi connectivity index (χ0n) is 9.37. The van der Waals surface area contributed by atoms with Gasteiger partial charge in [-0.1, -0.05) is 25.1 Å².